The van der Waals surface area contributed by atoms with Crippen LogP contribution in [-0.2, 0) is 34.2 Å². The molecule has 0 atom stereocenters. The van der Waals surface area contributed by atoms with E-state index in [9.17, 15) is 32.3 Å². The minimum absolute atomic E-state index is 0.00998. The Morgan fingerprint density at radius 3 is 2.31 bits per heavy atom. The predicted molar refractivity (Wildman–Crippen MR) is 180 cm³/mol. The van der Waals surface area contributed by atoms with E-state index in [1.807, 2.05) is 18.7 Å². The smallest absolute Gasteiger partial charge is 0.435 e. The monoisotopic (exact) mass is 736 g/mol. The summed E-state index contributed by atoms with van der Waals surface area (Å²) in [7, 11) is 1.40. The fourth-order valence-corrected chi connectivity index (χ4v) is 6.31. The summed E-state index contributed by atoms with van der Waals surface area (Å²) in [4.78, 5) is 67.4. The molecule has 4 heterocycles. The first-order valence-corrected chi connectivity index (χ1v) is 16.7. The number of carboxylic acid groups (broad SMARTS) is 1. The second kappa shape index (κ2) is 17.0. The summed E-state index contributed by atoms with van der Waals surface area (Å²) in [6.45, 7) is 6.36. The van der Waals surface area contributed by atoms with Gasteiger partial charge in [-0.05, 0) is 50.0 Å². The molecule has 0 unspecified atom stereocenters. The van der Waals surface area contributed by atoms with Crippen molar-refractivity contribution in [1.82, 2.24) is 34.4 Å². The standard InChI is InChI=1S/C32H38ClF3N8O4.CH2O2/c1-19(2)14-22(45)17-44-18-24(27(40-44)32(34,35)36)26-16-38-28(41(26)3)29(46)39-21-4-5-23(25(33)15-21)31(48)43-12-10-42(11-13-43)30(47)20-6-8-37-9-7-20;2-1-3/h4-5,15-16,18-20,37H,6-14,17H2,1-3H3,(H,39,46);1H,(H,2,3). The van der Waals surface area contributed by atoms with Crippen molar-refractivity contribution in [1.29, 1.82) is 0 Å². The molecule has 51 heavy (non-hydrogen) atoms. The van der Waals surface area contributed by atoms with Crippen molar-refractivity contribution in [3.63, 3.8) is 0 Å². The van der Waals surface area contributed by atoms with Gasteiger partial charge in [-0.1, -0.05) is 25.4 Å². The van der Waals surface area contributed by atoms with Crippen LogP contribution in [0.1, 0.15) is 59.8 Å². The Kier molecular flexibility index (Phi) is 13.0. The lowest BCUT2D eigenvalue weighted by Crippen LogP contribution is -2.52. The number of nitrogens with one attached hydrogen (secondary N) is 2. The highest BCUT2D eigenvalue weighted by atomic mass is 35.5. The number of Topliss-reactive ketones (excluding diaryl/α,β-unsaturated/α-hetero) is 1. The molecule has 2 aliphatic rings. The highest BCUT2D eigenvalue weighted by Crippen LogP contribution is 2.36. The first-order valence-electron chi connectivity index (χ1n) is 16.3. The molecule has 3 amide bonds. The third-order valence-corrected chi connectivity index (χ3v) is 8.81. The van der Waals surface area contributed by atoms with Crippen molar-refractivity contribution in [3.05, 3.63) is 52.7 Å². The first kappa shape index (κ1) is 39.0. The quantitative estimate of drug-likeness (QED) is 0.277. The van der Waals surface area contributed by atoms with E-state index in [2.05, 4.69) is 20.7 Å². The highest BCUT2D eigenvalue weighted by molar-refractivity contribution is 6.34. The van der Waals surface area contributed by atoms with Crippen LogP contribution in [0.5, 0.6) is 0 Å². The number of piperidine rings is 1. The number of carbonyl (C=O) groups excluding carboxylic acids is 4. The molecule has 1 aromatic carbocycles. The zero-order valence-electron chi connectivity index (χ0n) is 28.4. The van der Waals surface area contributed by atoms with Crippen LogP contribution >= 0.6 is 11.6 Å². The molecule has 0 saturated carbocycles. The van der Waals surface area contributed by atoms with Crippen LogP contribution in [0.3, 0.4) is 0 Å². The molecule has 0 bridgehead atoms. The van der Waals surface area contributed by atoms with Crippen molar-refractivity contribution in [3.8, 4) is 11.3 Å². The highest BCUT2D eigenvalue weighted by Gasteiger charge is 2.39. The summed E-state index contributed by atoms with van der Waals surface area (Å²) >= 11 is 6.47. The van der Waals surface area contributed by atoms with Gasteiger partial charge < -0.3 is 30.1 Å². The van der Waals surface area contributed by atoms with Gasteiger partial charge in [0.05, 0.1) is 34.6 Å². The fraction of sp³-hybridized carbons (Fsp3) is 0.485. The topological polar surface area (TPSA) is 172 Å². The molecule has 5 rings (SSSR count). The minimum Gasteiger partial charge on any atom is -0.483 e. The van der Waals surface area contributed by atoms with Crippen LogP contribution < -0.4 is 10.6 Å². The number of nitrogens with zero attached hydrogens (tertiary/aromatic N) is 6. The van der Waals surface area contributed by atoms with Crippen LogP contribution in [0.2, 0.25) is 5.02 Å². The Bertz CT molecular complexity index is 1740. The molecule has 2 fully saturated rings. The predicted octanol–water partition coefficient (Wildman–Crippen LogP) is 3.81. The Balaban J connectivity index is 0.00000188. The van der Waals surface area contributed by atoms with Crippen LogP contribution in [-0.4, -0.2) is 103 Å². The zero-order chi connectivity index (χ0) is 37.5. The van der Waals surface area contributed by atoms with Gasteiger partial charge in [0.2, 0.25) is 5.91 Å². The van der Waals surface area contributed by atoms with Gasteiger partial charge in [-0.3, -0.25) is 28.7 Å². The molecular weight excluding hydrogens is 697 g/mol. The molecule has 3 aromatic rings. The van der Waals surface area contributed by atoms with E-state index in [-0.39, 0.29) is 82.2 Å². The van der Waals surface area contributed by atoms with Gasteiger partial charge in [0.25, 0.3) is 18.3 Å². The van der Waals surface area contributed by atoms with Gasteiger partial charge in [0, 0.05) is 57.4 Å². The largest absolute Gasteiger partial charge is 0.483 e. The summed E-state index contributed by atoms with van der Waals surface area (Å²) in [6, 6.07) is 4.40. The van der Waals surface area contributed by atoms with Gasteiger partial charge in [-0.15, -0.1) is 0 Å². The second-order valence-electron chi connectivity index (χ2n) is 12.6. The van der Waals surface area contributed by atoms with Gasteiger partial charge >= 0.3 is 6.18 Å². The van der Waals surface area contributed by atoms with Crippen LogP contribution in [0.15, 0.2) is 30.6 Å². The lowest BCUT2D eigenvalue weighted by molar-refractivity contribution is -0.141. The lowest BCUT2D eigenvalue weighted by atomic mass is 9.96. The van der Waals surface area contributed by atoms with Crippen LogP contribution in [0.25, 0.3) is 11.3 Å². The van der Waals surface area contributed by atoms with Crippen molar-refractivity contribution < 1.29 is 42.3 Å². The molecule has 3 N–H and O–H groups in total. The number of imidazole rings is 1. The summed E-state index contributed by atoms with van der Waals surface area (Å²) < 4.78 is 43.9. The SMILES string of the molecule is CC(C)CC(=O)Cn1cc(-c2cnc(C(=O)Nc3ccc(C(=O)N4CCN(C(=O)C5CCNCC5)CC4)c(Cl)c3)n2C)c(C(F)(F)F)n1.O=CO. The number of hydrogen-bond acceptors (Lipinski definition) is 8. The lowest BCUT2D eigenvalue weighted by Gasteiger charge is -2.37. The number of carbonyl (C=O) groups is 5. The first-order chi connectivity index (χ1) is 24.1. The van der Waals surface area contributed by atoms with Crippen LogP contribution in [0, 0.1) is 11.8 Å². The number of hydrogen-bond donors (Lipinski definition) is 3. The van der Waals surface area contributed by atoms with E-state index in [1.54, 1.807) is 4.90 Å². The summed E-state index contributed by atoms with van der Waals surface area (Å²) in [5.74, 6) is -1.28. The number of rotatable bonds is 9. The summed E-state index contributed by atoms with van der Waals surface area (Å²) in [6.07, 6.45) is -0.738. The number of halogens is 4. The molecule has 0 radical (unpaired) electrons. The van der Waals surface area contributed by atoms with Crippen molar-refractivity contribution in [2.45, 2.75) is 45.8 Å². The van der Waals surface area contributed by atoms with Crippen molar-refractivity contribution in [2.24, 2.45) is 18.9 Å². The molecule has 0 spiro atoms. The number of aromatic nitrogens is 4. The maximum atomic E-state index is 13.9. The van der Waals surface area contributed by atoms with Crippen molar-refractivity contribution >= 4 is 47.3 Å². The van der Waals surface area contributed by atoms with Gasteiger partial charge in [0.1, 0.15) is 0 Å². The Hall–Kier alpha value is -4.77. The average molecular weight is 737 g/mol. The summed E-state index contributed by atoms with van der Waals surface area (Å²) in [5.41, 5.74) is -1.06. The Labute approximate surface area is 296 Å². The number of amides is 3. The normalized spacial score (nSPS) is 15.3. The summed E-state index contributed by atoms with van der Waals surface area (Å²) in [5, 5.41) is 16.5. The zero-order valence-corrected chi connectivity index (χ0v) is 29.1. The van der Waals surface area contributed by atoms with E-state index >= 15 is 0 Å². The molecule has 0 aliphatic carbocycles. The number of anilines is 1. The molecule has 2 aromatic heterocycles. The van der Waals surface area contributed by atoms with E-state index in [0.717, 1.165) is 43.0 Å². The van der Waals surface area contributed by atoms with Gasteiger partial charge in [-0.2, -0.15) is 18.3 Å². The molecule has 14 nitrogen and oxygen atoms in total. The molecular formula is C33H40ClF3N8O6. The van der Waals surface area contributed by atoms with Gasteiger partial charge in [0.15, 0.2) is 17.3 Å². The third kappa shape index (κ3) is 9.72. The van der Waals surface area contributed by atoms with Crippen molar-refractivity contribution in [2.75, 3.05) is 44.6 Å². The Morgan fingerprint density at radius 1 is 1.10 bits per heavy atom. The van der Waals surface area contributed by atoms with Gasteiger partial charge in [-0.25, -0.2) is 4.98 Å². The fourth-order valence-electron chi connectivity index (χ4n) is 6.05. The van der Waals surface area contributed by atoms with E-state index in [0.29, 0.717) is 26.2 Å². The van der Waals surface area contributed by atoms with E-state index in [1.165, 1.54) is 29.8 Å². The van der Waals surface area contributed by atoms with Crippen LogP contribution in [0.4, 0.5) is 18.9 Å². The second-order valence-corrected chi connectivity index (χ2v) is 13.1. The number of alkyl halides is 3. The number of benzene rings is 1. The molecule has 2 saturated heterocycles. The molecule has 18 heteroatoms. The number of ketones is 1. The maximum absolute atomic E-state index is 13.9. The average Bonchev–Trinajstić information content (AvgIpc) is 3.68. The minimum atomic E-state index is -4.82. The maximum Gasteiger partial charge on any atom is 0.435 e. The number of piperazine rings is 1. The Morgan fingerprint density at radius 2 is 1.73 bits per heavy atom. The molecule has 276 valence electrons. The third-order valence-electron chi connectivity index (χ3n) is 8.50. The molecule has 2 aliphatic heterocycles. The van der Waals surface area contributed by atoms with E-state index < -0.39 is 17.8 Å². The van der Waals surface area contributed by atoms with E-state index in [4.69, 9.17) is 21.5 Å².